The Morgan fingerprint density at radius 3 is 2.67 bits per heavy atom. The van der Waals surface area contributed by atoms with Crippen LogP contribution >= 0.6 is 0 Å². The number of hydrogen-bond acceptors (Lipinski definition) is 4. The molecule has 0 aromatic heterocycles. The largest absolute Gasteiger partial charge is 0.373 e. The molecule has 3 rings (SSSR count). The highest BCUT2D eigenvalue weighted by atomic mass is 19.1. The Morgan fingerprint density at radius 2 is 2.04 bits per heavy atom. The van der Waals surface area contributed by atoms with Crippen LogP contribution in [0.2, 0.25) is 0 Å². The highest BCUT2D eigenvalue weighted by Gasteiger charge is 2.44. The van der Waals surface area contributed by atoms with Crippen LogP contribution in [0.1, 0.15) is 19.3 Å². The van der Waals surface area contributed by atoms with Crippen LogP contribution in [-0.2, 0) is 9.53 Å². The van der Waals surface area contributed by atoms with Crippen molar-refractivity contribution in [2.24, 2.45) is 0 Å². The van der Waals surface area contributed by atoms with Gasteiger partial charge < -0.3 is 19.9 Å². The molecule has 2 aliphatic rings. The van der Waals surface area contributed by atoms with Crippen LogP contribution in [0.4, 0.5) is 10.1 Å². The second kappa shape index (κ2) is 7.07. The molecule has 1 atom stereocenters. The Morgan fingerprint density at radius 1 is 1.38 bits per heavy atom. The zero-order valence-electron chi connectivity index (χ0n) is 14.4. The van der Waals surface area contributed by atoms with E-state index in [0.717, 1.165) is 38.0 Å². The molecule has 5 nitrogen and oxygen atoms in total. The third-order valence-corrected chi connectivity index (χ3v) is 5.33. The van der Waals surface area contributed by atoms with Gasteiger partial charge in [-0.2, -0.15) is 0 Å². The molecule has 2 fully saturated rings. The SMILES string of the molecule is CNCC(=O)N1CCC2(CC1)CC(N(C)c1ccc(F)cc1)CO2. The summed E-state index contributed by atoms with van der Waals surface area (Å²) in [6.07, 6.45) is 2.72. The number of halogens is 1. The number of likely N-dealkylation sites (N-methyl/N-ethyl adjacent to an activating group) is 2. The lowest BCUT2D eigenvalue weighted by molar-refractivity contribution is -0.134. The molecule has 6 heteroatoms. The van der Waals surface area contributed by atoms with E-state index in [0.29, 0.717) is 13.2 Å². The third kappa shape index (κ3) is 3.54. The van der Waals surface area contributed by atoms with Crippen LogP contribution in [0, 0.1) is 5.82 Å². The van der Waals surface area contributed by atoms with Gasteiger partial charge in [-0.05, 0) is 50.6 Å². The molecule has 2 heterocycles. The van der Waals surface area contributed by atoms with E-state index < -0.39 is 0 Å². The van der Waals surface area contributed by atoms with Crippen molar-refractivity contribution in [3.05, 3.63) is 30.1 Å². The predicted octanol–water partition coefficient (Wildman–Crippen LogP) is 1.63. The number of likely N-dealkylation sites (tertiary alicyclic amines) is 1. The van der Waals surface area contributed by atoms with Gasteiger partial charge in [-0.3, -0.25) is 4.79 Å². The summed E-state index contributed by atoms with van der Waals surface area (Å²) in [6.45, 7) is 2.59. The van der Waals surface area contributed by atoms with Crippen molar-refractivity contribution in [3.63, 3.8) is 0 Å². The number of amides is 1. The van der Waals surface area contributed by atoms with E-state index in [-0.39, 0.29) is 23.4 Å². The van der Waals surface area contributed by atoms with Gasteiger partial charge in [0.05, 0.1) is 24.8 Å². The second-order valence-corrected chi connectivity index (χ2v) is 6.85. The summed E-state index contributed by atoms with van der Waals surface area (Å²) in [5.41, 5.74) is 0.888. The van der Waals surface area contributed by atoms with E-state index in [1.807, 2.05) is 11.9 Å². The van der Waals surface area contributed by atoms with Gasteiger partial charge in [0.25, 0.3) is 0 Å². The van der Waals surface area contributed by atoms with Crippen LogP contribution < -0.4 is 10.2 Å². The summed E-state index contributed by atoms with van der Waals surface area (Å²) in [4.78, 5) is 16.1. The standard InChI is InChI=1S/C18H26FN3O2/c1-20-12-17(23)22-9-7-18(8-10-22)11-16(13-24-18)21(2)15-5-3-14(19)4-6-15/h3-6,16,20H,7-13H2,1-2H3. The fourth-order valence-corrected chi connectivity index (χ4v) is 3.73. The van der Waals surface area contributed by atoms with Crippen LogP contribution in [0.15, 0.2) is 24.3 Å². The molecule has 0 radical (unpaired) electrons. The maximum atomic E-state index is 13.1. The molecule has 1 aromatic carbocycles. The van der Waals surface area contributed by atoms with E-state index in [1.165, 1.54) is 12.1 Å². The first-order valence-electron chi connectivity index (χ1n) is 8.58. The molecule has 0 bridgehead atoms. The molecule has 1 spiro atoms. The van der Waals surface area contributed by atoms with Gasteiger partial charge in [0.15, 0.2) is 0 Å². The molecular formula is C18H26FN3O2. The van der Waals surface area contributed by atoms with Gasteiger partial charge in [0, 0.05) is 25.8 Å². The second-order valence-electron chi connectivity index (χ2n) is 6.85. The monoisotopic (exact) mass is 335 g/mol. The van der Waals surface area contributed by atoms with Gasteiger partial charge in [-0.1, -0.05) is 0 Å². The molecular weight excluding hydrogens is 309 g/mol. The summed E-state index contributed by atoms with van der Waals surface area (Å²) >= 11 is 0. The molecule has 1 aromatic rings. The molecule has 0 aliphatic carbocycles. The zero-order chi connectivity index (χ0) is 17.2. The molecule has 1 N–H and O–H groups in total. The van der Waals surface area contributed by atoms with Crippen molar-refractivity contribution in [1.29, 1.82) is 0 Å². The van der Waals surface area contributed by atoms with Crippen LogP contribution in [-0.4, -0.2) is 62.8 Å². The highest BCUT2D eigenvalue weighted by molar-refractivity contribution is 5.78. The van der Waals surface area contributed by atoms with Crippen molar-refractivity contribution in [2.45, 2.75) is 30.9 Å². The Labute approximate surface area is 142 Å². The van der Waals surface area contributed by atoms with Gasteiger partial charge >= 0.3 is 0 Å². The molecule has 24 heavy (non-hydrogen) atoms. The maximum Gasteiger partial charge on any atom is 0.236 e. The fourth-order valence-electron chi connectivity index (χ4n) is 3.73. The number of carbonyl (C=O) groups excluding carboxylic acids is 1. The van der Waals surface area contributed by atoms with Crippen molar-refractivity contribution in [2.75, 3.05) is 45.2 Å². The number of hydrogen-bond donors (Lipinski definition) is 1. The maximum absolute atomic E-state index is 13.1. The average Bonchev–Trinajstić information content (AvgIpc) is 2.99. The lowest BCUT2D eigenvalue weighted by atomic mass is 9.87. The minimum atomic E-state index is -0.218. The Balaban J connectivity index is 1.57. The predicted molar refractivity (Wildman–Crippen MR) is 91.6 cm³/mol. The smallest absolute Gasteiger partial charge is 0.236 e. The normalized spacial score (nSPS) is 22.8. The lowest BCUT2D eigenvalue weighted by Gasteiger charge is -2.39. The van der Waals surface area contributed by atoms with E-state index in [4.69, 9.17) is 4.74 Å². The quantitative estimate of drug-likeness (QED) is 0.908. The number of piperidine rings is 1. The number of anilines is 1. The number of nitrogens with one attached hydrogen (secondary N) is 1. The Hall–Kier alpha value is -1.66. The minimum Gasteiger partial charge on any atom is -0.373 e. The van der Waals surface area contributed by atoms with Crippen LogP contribution in [0.5, 0.6) is 0 Å². The summed E-state index contributed by atoms with van der Waals surface area (Å²) in [7, 11) is 3.82. The highest BCUT2D eigenvalue weighted by Crippen LogP contribution is 2.38. The molecule has 2 aliphatic heterocycles. The van der Waals surface area contributed by atoms with E-state index in [9.17, 15) is 9.18 Å². The van der Waals surface area contributed by atoms with Crippen molar-refractivity contribution in [3.8, 4) is 0 Å². The first-order valence-corrected chi connectivity index (χ1v) is 8.58. The van der Waals surface area contributed by atoms with E-state index in [2.05, 4.69) is 10.2 Å². The van der Waals surface area contributed by atoms with Gasteiger partial charge in [0.2, 0.25) is 5.91 Å². The molecule has 1 amide bonds. The Bertz CT molecular complexity index is 570. The summed E-state index contributed by atoms with van der Waals surface area (Å²) in [5, 5.41) is 2.91. The fraction of sp³-hybridized carbons (Fsp3) is 0.611. The third-order valence-electron chi connectivity index (χ3n) is 5.33. The number of ether oxygens (including phenoxy) is 1. The number of rotatable bonds is 4. The van der Waals surface area contributed by atoms with Crippen molar-refractivity contribution < 1.29 is 13.9 Å². The van der Waals surface area contributed by atoms with Crippen molar-refractivity contribution >= 4 is 11.6 Å². The van der Waals surface area contributed by atoms with E-state index in [1.54, 1.807) is 19.2 Å². The first-order chi connectivity index (χ1) is 11.5. The average molecular weight is 335 g/mol. The first kappa shape index (κ1) is 17.2. The zero-order valence-corrected chi connectivity index (χ0v) is 14.4. The van der Waals surface area contributed by atoms with Gasteiger partial charge in [-0.25, -0.2) is 4.39 Å². The summed E-state index contributed by atoms with van der Waals surface area (Å²) in [5.74, 6) is -0.0600. The van der Waals surface area contributed by atoms with Crippen LogP contribution in [0.25, 0.3) is 0 Å². The molecule has 1 unspecified atom stereocenters. The summed E-state index contributed by atoms with van der Waals surface area (Å²) in [6, 6.07) is 6.88. The Kier molecular flexibility index (Phi) is 5.06. The lowest BCUT2D eigenvalue weighted by Crippen LogP contribution is -2.48. The number of benzene rings is 1. The van der Waals surface area contributed by atoms with Crippen molar-refractivity contribution in [1.82, 2.24) is 10.2 Å². The summed E-state index contributed by atoms with van der Waals surface area (Å²) < 4.78 is 19.3. The molecule has 0 saturated carbocycles. The van der Waals surface area contributed by atoms with Gasteiger partial charge in [0.1, 0.15) is 5.82 Å². The minimum absolute atomic E-state index is 0.116. The molecule has 2 saturated heterocycles. The topological polar surface area (TPSA) is 44.8 Å². The van der Waals surface area contributed by atoms with E-state index >= 15 is 0 Å². The number of carbonyl (C=O) groups is 1. The van der Waals surface area contributed by atoms with Gasteiger partial charge in [-0.15, -0.1) is 0 Å². The van der Waals surface area contributed by atoms with Crippen LogP contribution in [0.3, 0.4) is 0 Å². The number of nitrogens with zero attached hydrogens (tertiary/aromatic N) is 2. The molecule has 132 valence electrons.